The fourth-order valence-electron chi connectivity index (χ4n) is 3.50. The predicted octanol–water partition coefficient (Wildman–Crippen LogP) is 3.20. The third-order valence-electron chi connectivity index (χ3n) is 5.24. The molecule has 8 heteroatoms. The van der Waals surface area contributed by atoms with E-state index >= 15 is 0 Å². The molecule has 1 atom stereocenters. The maximum Gasteiger partial charge on any atom is 0.309 e. The zero-order chi connectivity index (χ0) is 20.7. The molecular formula is C20H30N2O5S. The number of rotatable bonds is 8. The summed E-state index contributed by atoms with van der Waals surface area (Å²) in [5.74, 6) is -0.318. The molecule has 28 heavy (non-hydrogen) atoms. The fraction of sp³-hybridized carbons (Fsp3) is 0.600. The van der Waals surface area contributed by atoms with Gasteiger partial charge in [0, 0.05) is 5.69 Å². The lowest BCUT2D eigenvalue weighted by atomic mass is 9.80. The molecule has 1 aliphatic carbocycles. The Morgan fingerprint density at radius 2 is 1.93 bits per heavy atom. The van der Waals surface area contributed by atoms with Crippen molar-refractivity contribution in [3.05, 3.63) is 24.3 Å². The molecule has 0 saturated heterocycles. The van der Waals surface area contributed by atoms with Crippen LogP contribution >= 0.6 is 0 Å². The molecule has 156 valence electrons. The molecule has 1 amide bonds. The van der Waals surface area contributed by atoms with Crippen molar-refractivity contribution in [2.24, 2.45) is 17.0 Å². The van der Waals surface area contributed by atoms with E-state index in [2.05, 4.69) is 12.2 Å². The largest absolute Gasteiger partial charge is 0.452 e. The van der Waals surface area contributed by atoms with Crippen LogP contribution in [0.15, 0.2) is 29.2 Å². The van der Waals surface area contributed by atoms with E-state index in [0.29, 0.717) is 5.92 Å². The van der Waals surface area contributed by atoms with E-state index in [4.69, 9.17) is 9.88 Å². The van der Waals surface area contributed by atoms with Gasteiger partial charge in [-0.3, -0.25) is 9.59 Å². The zero-order valence-electron chi connectivity index (χ0n) is 16.5. The van der Waals surface area contributed by atoms with Crippen molar-refractivity contribution in [1.82, 2.24) is 0 Å². The van der Waals surface area contributed by atoms with Gasteiger partial charge in [0.05, 0.1) is 10.8 Å². The molecule has 1 aliphatic rings. The number of nitrogens with two attached hydrogens (primary N) is 1. The van der Waals surface area contributed by atoms with E-state index in [1.54, 1.807) is 6.07 Å². The van der Waals surface area contributed by atoms with Crippen LogP contribution in [0.5, 0.6) is 0 Å². The van der Waals surface area contributed by atoms with Crippen molar-refractivity contribution in [2.45, 2.75) is 69.8 Å². The van der Waals surface area contributed by atoms with Crippen molar-refractivity contribution in [3.63, 3.8) is 0 Å². The molecule has 0 aromatic heterocycles. The van der Waals surface area contributed by atoms with E-state index in [0.717, 1.165) is 25.7 Å². The molecule has 0 radical (unpaired) electrons. The maximum atomic E-state index is 12.4. The van der Waals surface area contributed by atoms with Crippen molar-refractivity contribution >= 4 is 27.6 Å². The first-order valence-corrected chi connectivity index (χ1v) is 11.4. The molecule has 0 heterocycles. The lowest BCUT2D eigenvalue weighted by molar-refractivity contribution is -0.158. The van der Waals surface area contributed by atoms with Crippen LogP contribution in [-0.2, 0) is 24.3 Å². The number of carbonyl (C=O) groups is 2. The molecular weight excluding hydrogens is 380 g/mol. The number of ether oxygens (including phenoxy) is 1. The van der Waals surface area contributed by atoms with Crippen LogP contribution in [0.25, 0.3) is 0 Å². The van der Waals surface area contributed by atoms with Crippen LogP contribution in [-0.4, -0.2) is 26.4 Å². The zero-order valence-corrected chi connectivity index (χ0v) is 17.3. The monoisotopic (exact) mass is 410 g/mol. The summed E-state index contributed by atoms with van der Waals surface area (Å²) in [4.78, 5) is 24.6. The summed E-state index contributed by atoms with van der Waals surface area (Å²) in [6.07, 6.45) is 6.33. The molecule has 1 aromatic carbocycles. The van der Waals surface area contributed by atoms with E-state index in [-0.39, 0.29) is 22.5 Å². The SMILES string of the molecule is CCCCC1CCC(C(=O)OC(C)C(=O)Nc2cccc(S(N)(=O)=O)c2)CC1. The number of anilines is 1. The Labute approximate surface area is 167 Å². The number of hydrogen-bond acceptors (Lipinski definition) is 5. The summed E-state index contributed by atoms with van der Waals surface area (Å²) >= 11 is 0. The number of primary sulfonamides is 1. The van der Waals surface area contributed by atoms with Crippen LogP contribution in [0.3, 0.4) is 0 Å². The van der Waals surface area contributed by atoms with Gasteiger partial charge in [-0.15, -0.1) is 0 Å². The van der Waals surface area contributed by atoms with E-state index in [9.17, 15) is 18.0 Å². The molecule has 1 aromatic rings. The highest BCUT2D eigenvalue weighted by molar-refractivity contribution is 7.89. The van der Waals surface area contributed by atoms with Gasteiger partial charge < -0.3 is 10.1 Å². The highest BCUT2D eigenvalue weighted by Gasteiger charge is 2.29. The molecule has 3 N–H and O–H groups in total. The van der Waals surface area contributed by atoms with Gasteiger partial charge in [0.15, 0.2) is 6.10 Å². The smallest absolute Gasteiger partial charge is 0.309 e. The van der Waals surface area contributed by atoms with Crippen LogP contribution in [0, 0.1) is 11.8 Å². The Morgan fingerprint density at radius 1 is 1.25 bits per heavy atom. The third kappa shape index (κ3) is 6.60. The Bertz CT molecular complexity index is 786. The molecule has 0 aliphatic heterocycles. The number of unbranched alkanes of at least 4 members (excludes halogenated alkanes) is 1. The quantitative estimate of drug-likeness (QED) is 0.639. The fourth-order valence-corrected chi connectivity index (χ4v) is 4.06. The first kappa shape index (κ1) is 22.4. The van der Waals surface area contributed by atoms with Crippen LogP contribution < -0.4 is 10.5 Å². The van der Waals surface area contributed by atoms with Crippen molar-refractivity contribution in [3.8, 4) is 0 Å². The van der Waals surface area contributed by atoms with Gasteiger partial charge in [0.1, 0.15) is 0 Å². The highest BCUT2D eigenvalue weighted by Crippen LogP contribution is 2.32. The molecule has 0 bridgehead atoms. The third-order valence-corrected chi connectivity index (χ3v) is 6.15. The van der Waals surface area contributed by atoms with Gasteiger partial charge in [0.25, 0.3) is 5.91 Å². The van der Waals surface area contributed by atoms with Crippen molar-refractivity contribution in [1.29, 1.82) is 0 Å². The van der Waals surface area contributed by atoms with Gasteiger partial charge in [-0.25, -0.2) is 13.6 Å². The second-order valence-electron chi connectivity index (χ2n) is 7.50. The summed E-state index contributed by atoms with van der Waals surface area (Å²) in [5.41, 5.74) is 0.274. The second-order valence-corrected chi connectivity index (χ2v) is 9.06. The summed E-state index contributed by atoms with van der Waals surface area (Å²) in [6.45, 7) is 3.68. The van der Waals surface area contributed by atoms with Gasteiger partial charge in [-0.05, 0) is 56.7 Å². The minimum atomic E-state index is -3.86. The maximum absolute atomic E-state index is 12.4. The van der Waals surface area contributed by atoms with E-state index in [1.807, 2.05) is 0 Å². The van der Waals surface area contributed by atoms with Crippen LogP contribution in [0.4, 0.5) is 5.69 Å². The number of hydrogen-bond donors (Lipinski definition) is 2. The molecule has 1 unspecified atom stereocenters. The number of esters is 1. The van der Waals surface area contributed by atoms with Gasteiger partial charge >= 0.3 is 5.97 Å². The Hall–Kier alpha value is -1.93. The minimum Gasteiger partial charge on any atom is -0.452 e. The Morgan fingerprint density at radius 3 is 2.54 bits per heavy atom. The topological polar surface area (TPSA) is 116 Å². The standard InChI is InChI=1S/C20H30N2O5S/c1-3-4-6-15-9-11-16(12-10-15)20(24)27-14(2)19(23)22-17-7-5-8-18(13-17)28(21,25)26/h5,7-8,13-16H,3-4,6,9-12H2,1-2H3,(H,22,23)(H2,21,25,26). The van der Waals surface area contributed by atoms with Crippen LogP contribution in [0.2, 0.25) is 0 Å². The van der Waals surface area contributed by atoms with E-state index in [1.165, 1.54) is 44.4 Å². The first-order chi connectivity index (χ1) is 13.2. The minimum absolute atomic E-state index is 0.102. The summed E-state index contributed by atoms with van der Waals surface area (Å²) in [7, 11) is -3.86. The average molecular weight is 411 g/mol. The first-order valence-electron chi connectivity index (χ1n) is 9.85. The van der Waals surface area contributed by atoms with Crippen molar-refractivity contribution < 1.29 is 22.7 Å². The highest BCUT2D eigenvalue weighted by atomic mass is 32.2. The number of sulfonamides is 1. The van der Waals surface area contributed by atoms with Gasteiger partial charge in [-0.1, -0.05) is 32.3 Å². The van der Waals surface area contributed by atoms with Gasteiger partial charge in [0.2, 0.25) is 10.0 Å². The molecule has 1 saturated carbocycles. The number of amides is 1. The molecule has 7 nitrogen and oxygen atoms in total. The Balaban J connectivity index is 1.85. The van der Waals surface area contributed by atoms with Crippen LogP contribution in [0.1, 0.15) is 58.8 Å². The lowest BCUT2D eigenvalue weighted by Gasteiger charge is -2.28. The lowest BCUT2D eigenvalue weighted by Crippen LogP contribution is -2.33. The molecule has 2 rings (SSSR count). The molecule has 0 spiro atoms. The number of benzene rings is 1. The molecule has 1 fully saturated rings. The predicted molar refractivity (Wildman–Crippen MR) is 107 cm³/mol. The van der Waals surface area contributed by atoms with E-state index < -0.39 is 22.0 Å². The summed E-state index contributed by atoms with van der Waals surface area (Å²) < 4.78 is 28.1. The normalized spacial score (nSPS) is 21.0. The average Bonchev–Trinajstić information content (AvgIpc) is 2.66. The number of nitrogens with one attached hydrogen (secondary N) is 1. The van der Waals surface area contributed by atoms with Crippen molar-refractivity contribution in [2.75, 3.05) is 5.32 Å². The Kier molecular flexibility index (Phi) is 8.00. The number of carbonyl (C=O) groups excluding carboxylic acids is 2. The van der Waals surface area contributed by atoms with Gasteiger partial charge in [-0.2, -0.15) is 0 Å². The summed E-state index contributed by atoms with van der Waals surface area (Å²) in [6, 6.07) is 5.62. The second kappa shape index (κ2) is 10.0. The summed E-state index contributed by atoms with van der Waals surface area (Å²) in [5, 5.41) is 7.65.